The minimum absolute atomic E-state index is 0.0427. The van der Waals surface area contributed by atoms with Crippen LogP contribution < -0.4 is 0 Å². The number of hydrogen-bond acceptors (Lipinski definition) is 7. The van der Waals surface area contributed by atoms with Crippen LogP contribution in [0.25, 0.3) is 11.3 Å². The molecule has 0 spiro atoms. The smallest absolute Gasteiger partial charge is 0.145 e. The monoisotopic (exact) mass is 534 g/mol. The number of thiazole rings is 1. The van der Waals surface area contributed by atoms with Crippen LogP contribution in [0.4, 0.5) is 0 Å². The molecule has 9 heteroatoms. The molecule has 2 aromatic heterocycles. The van der Waals surface area contributed by atoms with Crippen LogP contribution in [0.2, 0.25) is 10.0 Å². The topological polar surface area (TPSA) is 88.6 Å². The lowest BCUT2D eigenvalue weighted by Crippen LogP contribution is -2.44. The van der Waals surface area contributed by atoms with E-state index in [-0.39, 0.29) is 24.5 Å². The molecule has 3 aliphatic carbocycles. The van der Waals surface area contributed by atoms with Crippen LogP contribution in [-0.4, -0.2) is 33.1 Å². The first-order chi connectivity index (χ1) is 17.0. The maximum absolute atomic E-state index is 11.7. The summed E-state index contributed by atoms with van der Waals surface area (Å²) < 4.78 is 12.3. The van der Waals surface area contributed by atoms with E-state index in [4.69, 9.17) is 32.5 Å². The first-order valence-corrected chi connectivity index (χ1v) is 13.9. The molecule has 3 fully saturated rings. The maximum atomic E-state index is 11.7. The largest absolute Gasteiger partial charge is 0.396 e. The summed E-state index contributed by atoms with van der Waals surface area (Å²) >= 11 is 14.5. The lowest BCUT2D eigenvalue weighted by molar-refractivity contribution is -0.116. The number of fused-ring (bicyclic) bond motifs is 2. The van der Waals surface area contributed by atoms with Crippen LogP contribution >= 0.6 is 34.5 Å². The van der Waals surface area contributed by atoms with E-state index in [1.807, 2.05) is 23.6 Å². The van der Waals surface area contributed by atoms with Gasteiger partial charge in [0.25, 0.3) is 0 Å². The molecule has 0 amide bonds. The summed E-state index contributed by atoms with van der Waals surface area (Å²) in [5.41, 5.74) is 2.24. The van der Waals surface area contributed by atoms with Crippen molar-refractivity contribution in [1.82, 2.24) is 10.1 Å². The van der Waals surface area contributed by atoms with Gasteiger partial charge in [0, 0.05) is 35.5 Å². The third kappa shape index (κ3) is 4.24. The maximum Gasteiger partial charge on any atom is 0.145 e. The Kier molecular flexibility index (Phi) is 6.44. The zero-order chi connectivity index (χ0) is 24.2. The Hall–Kier alpha value is -1.48. The van der Waals surface area contributed by atoms with Crippen molar-refractivity contribution in [1.29, 1.82) is 0 Å². The minimum atomic E-state index is -0.898. The predicted octanol–water partition coefficient (Wildman–Crippen LogP) is 6.11. The van der Waals surface area contributed by atoms with Crippen molar-refractivity contribution < 1.29 is 19.5 Å². The Morgan fingerprint density at radius 1 is 1.11 bits per heavy atom. The molecule has 0 unspecified atom stereocenters. The van der Waals surface area contributed by atoms with Crippen LogP contribution in [-0.2, 0) is 23.4 Å². The summed E-state index contributed by atoms with van der Waals surface area (Å²) in [6, 6.07) is 5.44. The zero-order valence-electron chi connectivity index (χ0n) is 19.3. The lowest BCUT2D eigenvalue weighted by Gasteiger charge is -2.41. The van der Waals surface area contributed by atoms with E-state index < -0.39 is 5.60 Å². The fourth-order valence-corrected chi connectivity index (χ4v) is 7.64. The molecule has 3 aromatic rings. The van der Waals surface area contributed by atoms with Crippen LogP contribution in [0.15, 0.2) is 28.1 Å². The molecular formula is C26H28Cl2N2O4S. The van der Waals surface area contributed by atoms with Crippen molar-refractivity contribution in [3.05, 3.63) is 55.6 Å². The van der Waals surface area contributed by atoms with Crippen LogP contribution in [0.3, 0.4) is 0 Å². The molecule has 3 saturated carbocycles. The van der Waals surface area contributed by atoms with E-state index in [9.17, 15) is 10.2 Å². The Bertz CT molecular complexity index is 1190. The van der Waals surface area contributed by atoms with Gasteiger partial charge >= 0.3 is 0 Å². The summed E-state index contributed by atoms with van der Waals surface area (Å²) in [4.78, 5) is 4.67. The summed E-state index contributed by atoms with van der Waals surface area (Å²) in [7, 11) is 0. The second kappa shape index (κ2) is 9.43. The first-order valence-electron chi connectivity index (χ1n) is 12.3. The van der Waals surface area contributed by atoms with Gasteiger partial charge in [-0.2, -0.15) is 0 Å². The number of ether oxygens (including phenoxy) is 1. The van der Waals surface area contributed by atoms with Gasteiger partial charge in [-0.15, -0.1) is 11.3 Å². The predicted molar refractivity (Wildman–Crippen MR) is 135 cm³/mol. The van der Waals surface area contributed by atoms with Crippen LogP contribution in [0.5, 0.6) is 0 Å². The molecule has 0 aliphatic heterocycles. The van der Waals surface area contributed by atoms with Gasteiger partial charge in [0.2, 0.25) is 0 Å². The van der Waals surface area contributed by atoms with Gasteiger partial charge in [0.1, 0.15) is 22.1 Å². The Morgan fingerprint density at radius 2 is 1.83 bits per heavy atom. The molecule has 3 aliphatic rings. The van der Waals surface area contributed by atoms with E-state index in [0.717, 1.165) is 60.6 Å². The number of aliphatic hydroxyl groups is 2. The molecule has 2 bridgehead atoms. The summed E-state index contributed by atoms with van der Waals surface area (Å²) in [5, 5.41) is 29.2. The van der Waals surface area contributed by atoms with Gasteiger partial charge in [-0.05, 0) is 62.5 Å². The van der Waals surface area contributed by atoms with Gasteiger partial charge in [-0.1, -0.05) is 34.4 Å². The van der Waals surface area contributed by atoms with Gasteiger partial charge < -0.3 is 19.5 Å². The fraction of sp³-hybridized carbons (Fsp3) is 0.538. The minimum Gasteiger partial charge on any atom is -0.396 e. The third-order valence-electron chi connectivity index (χ3n) is 7.90. The standard InChI is InChI=1S/C26H28Cl2N2O4S/c27-20-2-1-3-21(28)22(20)23-19(24(34-30-23)14-4-5-14)12-33-18-10-15-6-7-16(11-18)26(15,32)25-29-17(8-9-31)13-35-25/h1-3,13-16,18,31-32H,4-12H2/t15-,16+,18-,26+. The van der Waals surface area contributed by atoms with E-state index in [2.05, 4.69) is 10.1 Å². The molecule has 35 heavy (non-hydrogen) atoms. The SMILES string of the molecule is OCCc1csc([C@]2(O)[C@@H]3CC[C@H]2C[C@H](OCc2c(-c4c(Cl)cccc4Cl)noc2C2CC2)C3)n1. The number of benzene rings is 1. The normalized spacial score (nSPS) is 28.1. The first kappa shape index (κ1) is 23.9. The number of aromatic nitrogens is 2. The van der Waals surface area contributed by atoms with Gasteiger partial charge in [-0.3, -0.25) is 0 Å². The molecule has 2 N–H and O–H groups in total. The highest BCUT2D eigenvalue weighted by molar-refractivity contribution is 7.09. The molecule has 186 valence electrons. The Labute approximate surface area is 218 Å². The third-order valence-corrected chi connectivity index (χ3v) is 9.56. The number of hydrogen-bond donors (Lipinski definition) is 2. The van der Waals surface area contributed by atoms with Gasteiger partial charge in [-0.25, -0.2) is 4.98 Å². The number of nitrogens with zero attached hydrogens (tertiary/aromatic N) is 2. The van der Waals surface area contributed by atoms with E-state index >= 15 is 0 Å². The molecular weight excluding hydrogens is 507 g/mol. The molecule has 0 saturated heterocycles. The lowest BCUT2D eigenvalue weighted by atomic mass is 9.73. The number of halogens is 2. The van der Waals surface area contributed by atoms with Crippen molar-refractivity contribution in [3.8, 4) is 11.3 Å². The van der Waals surface area contributed by atoms with Crippen LogP contribution in [0, 0.1) is 11.8 Å². The van der Waals surface area contributed by atoms with E-state index in [1.165, 1.54) is 11.3 Å². The second-order valence-corrected chi connectivity index (χ2v) is 11.7. The summed E-state index contributed by atoms with van der Waals surface area (Å²) in [5.74, 6) is 1.48. The molecule has 1 aromatic carbocycles. The van der Waals surface area contributed by atoms with Gasteiger partial charge in [0.05, 0.1) is 28.5 Å². The highest BCUT2D eigenvalue weighted by Gasteiger charge is 2.56. The Balaban J connectivity index is 1.21. The highest BCUT2D eigenvalue weighted by atomic mass is 35.5. The summed E-state index contributed by atoms with van der Waals surface area (Å²) in [6.45, 7) is 0.449. The van der Waals surface area contributed by atoms with Crippen molar-refractivity contribution in [2.45, 2.75) is 69.2 Å². The van der Waals surface area contributed by atoms with E-state index in [1.54, 1.807) is 0 Å². The number of aliphatic hydroxyl groups excluding tert-OH is 1. The fourth-order valence-electron chi connectivity index (χ4n) is 5.96. The van der Waals surface area contributed by atoms with E-state index in [0.29, 0.717) is 40.2 Å². The Morgan fingerprint density at radius 3 is 2.49 bits per heavy atom. The summed E-state index contributed by atoms with van der Waals surface area (Å²) in [6.07, 6.45) is 6.25. The molecule has 2 heterocycles. The molecule has 6 nitrogen and oxygen atoms in total. The molecule has 0 radical (unpaired) electrons. The van der Waals surface area contributed by atoms with Gasteiger partial charge in [0.15, 0.2) is 0 Å². The van der Waals surface area contributed by atoms with Crippen LogP contribution in [0.1, 0.15) is 66.5 Å². The quantitative estimate of drug-likeness (QED) is 0.362. The van der Waals surface area contributed by atoms with Crippen molar-refractivity contribution in [3.63, 3.8) is 0 Å². The highest BCUT2D eigenvalue weighted by Crippen LogP contribution is 2.56. The average Bonchev–Trinajstić information content (AvgIpc) is 3.39. The second-order valence-electron chi connectivity index (χ2n) is 10.1. The van der Waals surface area contributed by atoms with Crippen molar-refractivity contribution in [2.24, 2.45) is 11.8 Å². The number of rotatable bonds is 8. The molecule has 4 atom stereocenters. The average molecular weight is 535 g/mol. The molecule has 6 rings (SSSR count). The zero-order valence-corrected chi connectivity index (χ0v) is 21.6. The van der Waals surface area contributed by atoms with Crippen molar-refractivity contribution >= 4 is 34.5 Å². The van der Waals surface area contributed by atoms with Crippen molar-refractivity contribution in [2.75, 3.05) is 6.61 Å².